The lowest BCUT2D eigenvalue weighted by atomic mass is 9.92. The average molecular weight is 449 g/mol. The largest absolute Gasteiger partial charge is 0.470 e. The second-order valence-corrected chi connectivity index (χ2v) is 9.27. The number of ether oxygens (including phenoxy) is 4. The van der Waals surface area contributed by atoms with Gasteiger partial charge in [0.05, 0.1) is 13.2 Å². The van der Waals surface area contributed by atoms with Gasteiger partial charge in [-0.15, -0.1) is 0 Å². The minimum absolute atomic E-state index is 0.210. The van der Waals surface area contributed by atoms with E-state index < -0.39 is 24.1 Å². The van der Waals surface area contributed by atoms with Crippen molar-refractivity contribution in [2.45, 2.75) is 79.4 Å². The van der Waals surface area contributed by atoms with Gasteiger partial charge >= 0.3 is 11.9 Å². The molecular weight excluding hydrogens is 408 g/mol. The highest BCUT2D eigenvalue weighted by molar-refractivity contribution is 5.87. The van der Waals surface area contributed by atoms with E-state index in [9.17, 15) is 9.59 Å². The third kappa shape index (κ3) is 7.14. The van der Waals surface area contributed by atoms with Crippen molar-refractivity contribution in [3.8, 4) is 11.5 Å². The van der Waals surface area contributed by atoms with Crippen LogP contribution in [0.15, 0.2) is 24.3 Å². The summed E-state index contributed by atoms with van der Waals surface area (Å²) in [6.45, 7) is 13.2. The Morgan fingerprint density at radius 2 is 1.12 bits per heavy atom. The van der Waals surface area contributed by atoms with E-state index in [1.165, 1.54) is 0 Å². The molecule has 2 rings (SSSR count). The van der Waals surface area contributed by atoms with Gasteiger partial charge in [0, 0.05) is 0 Å². The molecule has 6 heteroatoms. The zero-order chi connectivity index (χ0) is 23.7. The molecule has 1 heterocycles. The quantitative estimate of drug-likeness (QED) is 0.397. The predicted molar refractivity (Wildman–Crippen MR) is 124 cm³/mol. The molecule has 1 aliphatic heterocycles. The van der Waals surface area contributed by atoms with Crippen LogP contribution in [0.4, 0.5) is 0 Å². The van der Waals surface area contributed by atoms with Gasteiger partial charge in [-0.3, -0.25) is 0 Å². The smallest absolute Gasteiger partial charge is 0.351 e. The first kappa shape index (κ1) is 26.0. The Kier molecular flexibility index (Phi) is 10.3. The molecule has 0 radical (unpaired) electrons. The van der Waals surface area contributed by atoms with Crippen molar-refractivity contribution in [3.05, 3.63) is 24.3 Å². The van der Waals surface area contributed by atoms with E-state index in [2.05, 4.69) is 41.5 Å². The summed E-state index contributed by atoms with van der Waals surface area (Å²) >= 11 is 0. The molecule has 0 aliphatic carbocycles. The lowest BCUT2D eigenvalue weighted by molar-refractivity contribution is -0.173. The summed E-state index contributed by atoms with van der Waals surface area (Å²) in [5.41, 5.74) is 0. The molecule has 0 N–H and O–H groups in total. The Morgan fingerprint density at radius 1 is 0.750 bits per heavy atom. The van der Waals surface area contributed by atoms with Gasteiger partial charge in [-0.05, 0) is 35.8 Å². The van der Waals surface area contributed by atoms with Crippen molar-refractivity contribution >= 4 is 11.9 Å². The third-order valence-electron chi connectivity index (χ3n) is 6.50. The normalized spacial score (nSPS) is 21.2. The zero-order valence-corrected chi connectivity index (χ0v) is 20.5. The van der Waals surface area contributed by atoms with E-state index in [0.717, 1.165) is 25.7 Å². The van der Waals surface area contributed by atoms with Crippen LogP contribution < -0.4 is 9.47 Å². The molecule has 1 aromatic rings. The number of hydrogen-bond acceptors (Lipinski definition) is 6. The van der Waals surface area contributed by atoms with Crippen molar-refractivity contribution in [2.75, 3.05) is 13.2 Å². The lowest BCUT2D eigenvalue weighted by Crippen LogP contribution is -2.51. The molecule has 1 aromatic carbocycles. The van der Waals surface area contributed by atoms with E-state index in [4.69, 9.17) is 18.9 Å². The maximum Gasteiger partial charge on any atom is 0.351 e. The first-order valence-corrected chi connectivity index (χ1v) is 12.0. The standard InChI is InChI=1S/C26H40O6/c1-7-11-17(3)19(5)15-29-25(27)23-24(32-22-14-10-9-13-21(22)31-23)26(28)30-16-20(6)18(4)12-8-2/h9-10,13-14,17-20,23-24H,7-8,11-12,15-16H2,1-6H3. The number of rotatable bonds is 12. The number of hydrogen-bond donors (Lipinski definition) is 0. The van der Waals surface area contributed by atoms with Crippen LogP contribution in [-0.2, 0) is 19.1 Å². The Labute approximate surface area is 193 Å². The summed E-state index contributed by atoms with van der Waals surface area (Å²) in [6, 6.07) is 6.98. The molecule has 6 atom stereocenters. The maximum absolute atomic E-state index is 12.9. The highest BCUT2D eigenvalue weighted by atomic mass is 16.6. The minimum atomic E-state index is -1.20. The molecule has 0 amide bonds. The fourth-order valence-electron chi connectivity index (χ4n) is 3.79. The number of benzene rings is 1. The van der Waals surface area contributed by atoms with Crippen LogP contribution in [0.5, 0.6) is 11.5 Å². The average Bonchev–Trinajstić information content (AvgIpc) is 2.79. The van der Waals surface area contributed by atoms with E-state index in [-0.39, 0.29) is 25.0 Å². The van der Waals surface area contributed by atoms with Crippen molar-refractivity contribution in [2.24, 2.45) is 23.7 Å². The van der Waals surface area contributed by atoms with Crippen LogP contribution in [0.2, 0.25) is 0 Å². The molecule has 0 saturated heterocycles. The number of fused-ring (bicyclic) bond motifs is 1. The lowest BCUT2D eigenvalue weighted by Gasteiger charge is -2.32. The number of para-hydroxylation sites is 2. The molecular formula is C26H40O6. The predicted octanol–water partition coefficient (Wildman–Crippen LogP) is 5.43. The fraction of sp³-hybridized carbons (Fsp3) is 0.692. The number of esters is 2. The van der Waals surface area contributed by atoms with E-state index in [1.54, 1.807) is 24.3 Å². The Balaban J connectivity index is 2.06. The van der Waals surface area contributed by atoms with Gasteiger partial charge < -0.3 is 18.9 Å². The molecule has 1 aliphatic rings. The zero-order valence-electron chi connectivity index (χ0n) is 20.5. The highest BCUT2D eigenvalue weighted by Gasteiger charge is 2.44. The minimum Gasteiger partial charge on any atom is -0.470 e. The van der Waals surface area contributed by atoms with Crippen LogP contribution in [0.25, 0.3) is 0 Å². The van der Waals surface area contributed by atoms with Gasteiger partial charge in [0.2, 0.25) is 12.2 Å². The summed E-state index contributed by atoms with van der Waals surface area (Å²) in [5, 5.41) is 0. The molecule has 0 aromatic heterocycles. The SMILES string of the molecule is CCCC(C)C(C)COC(=O)C1Oc2ccccc2OC1C(=O)OCC(C)C(C)CCC. The monoisotopic (exact) mass is 448 g/mol. The van der Waals surface area contributed by atoms with E-state index >= 15 is 0 Å². The van der Waals surface area contributed by atoms with Crippen molar-refractivity contribution in [1.29, 1.82) is 0 Å². The van der Waals surface area contributed by atoms with Crippen LogP contribution in [0.1, 0.15) is 67.2 Å². The summed E-state index contributed by atoms with van der Waals surface area (Å²) < 4.78 is 22.8. The molecule has 6 unspecified atom stereocenters. The van der Waals surface area contributed by atoms with Crippen LogP contribution >= 0.6 is 0 Å². The number of carbonyl (C=O) groups excluding carboxylic acids is 2. The fourth-order valence-corrected chi connectivity index (χ4v) is 3.79. The molecule has 0 saturated carbocycles. The molecule has 32 heavy (non-hydrogen) atoms. The summed E-state index contributed by atoms with van der Waals surface area (Å²) in [6.07, 6.45) is 1.90. The first-order chi connectivity index (χ1) is 15.3. The van der Waals surface area contributed by atoms with Crippen molar-refractivity contribution < 1.29 is 28.5 Å². The van der Waals surface area contributed by atoms with Crippen LogP contribution in [0, 0.1) is 23.7 Å². The second kappa shape index (κ2) is 12.7. The van der Waals surface area contributed by atoms with E-state index in [1.807, 2.05) is 0 Å². The molecule has 0 spiro atoms. The highest BCUT2D eigenvalue weighted by Crippen LogP contribution is 2.34. The molecule has 6 nitrogen and oxygen atoms in total. The summed E-state index contributed by atoms with van der Waals surface area (Å²) in [4.78, 5) is 25.8. The number of carbonyl (C=O) groups is 2. The van der Waals surface area contributed by atoms with Gasteiger partial charge in [-0.1, -0.05) is 79.4 Å². The van der Waals surface area contributed by atoms with Gasteiger partial charge in [-0.2, -0.15) is 0 Å². The third-order valence-corrected chi connectivity index (χ3v) is 6.50. The van der Waals surface area contributed by atoms with Crippen LogP contribution in [-0.4, -0.2) is 37.4 Å². The van der Waals surface area contributed by atoms with Crippen molar-refractivity contribution in [1.82, 2.24) is 0 Å². The first-order valence-electron chi connectivity index (χ1n) is 12.0. The van der Waals surface area contributed by atoms with Gasteiger partial charge in [0.25, 0.3) is 0 Å². The summed E-state index contributed by atoms with van der Waals surface area (Å²) in [7, 11) is 0. The topological polar surface area (TPSA) is 71.1 Å². The van der Waals surface area contributed by atoms with Gasteiger partial charge in [-0.25, -0.2) is 9.59 Å². The van der Waals surface area contributed by atoms with E-state index in [0.29, 0.717) is 23.3 Å². The second-order valence-electron chi connectivity index (χ2n) is 9.27. The maximum atomic E-state index is 12.9. The van der Waals surface area contributed by atoms with Crippen LogP contribution in [0.3, 0.4) is 0 Å². The van der Waals surface area contributed by atoms with Gasteiger partial charge in [0.15, 0.2) is 11.5 Å². The molecule has 180 valence electrons. The molecule has 0 bridgehead atoms. The Bertz CT molecular complexity index is 672. The molecule has 0 fully saturated rings. The Morgan fingerprint density at radius 3 is 1.47 bits per heavy atom. The summed E-state index contributed by atoms with van der Waals surface area (Å²) in [5.74, 6) is 0.901. The Hall–Kier alpha value is -2.24. The van der Waals surface area contributed by atoms with Crippen molar-refractivity contribution in [3.63, 3.8) is 0 Å². The van der Waals surface area contributed by atoms with Gasteiger partial charge in [0.1, 0.15) is 0 Å².